The van der Waals surface area contributed by atoms with Crippen LogP contribution in [0.15, 0.2) is 0 Å². The van der Waals surface area contributed by atoms with Crippen molar-refractivity contribution >= 4 is 17.7 Å². The van der Waals surface area contributed by atoms with Crippen LogP contribution in [0.3, 0.4) is 0 Å². The van der Waals surface area contributed by atoms with Gasteiger partial charge in [-0.2, -0.15) is 0 Å². The molecule has 128 valence electrons. The lowest BCUT2D eigenvalue weighted by Crippen LogP contribution is -2.55. The van der Waals surface area contributed by atoms with Gasteiger partial charge < -0.3 is 20.3 Å². The zero-order chi connectivity index (χ0) is 16.4. The molecule has 1 unspecified atom stereocenters. The summed E-state index contributed by atoms with van der Waals surface area (Å²) in [4.78, 5) is 41.2. The molecule has 8 nitrogen and oxygen atoms in total. The summed E-state index contributed by atoms with van der Waals surface area (Å²) in [5.74, 6) is 0.0221. The van der Waals surface area contributed by atoms with Gasteiger partial charge in [0.2, 0.25) is 17.7 Å². The van der Waals surface area contributed by atoms with Crippen LogP contribution in [0.25, 0.3) is 0 Å². The van der Waals surface area contributed by atoms with Crippen LogP contribution in [0.5, 0.6) is 0 Å². The summed E-state index contributed by atoms with van der Waals surface area (Å²) in [7, 11) is 0. The maximum absolute atomic E-state index is 12.4. The van der Waals surface area contributed by atoms with Crippen molar-refractivity contribution in [1.29, 1.82) is 0 Å². The van der Waals surface area contributed by atoms with Crippen LogP contribution in [0, 0.1) is 5.92 Å². The SMILES string of the molecule is NC(=O)C1CN(CC(=O)N2CCN(C(=O)C3CC3)CC2)CCO1. The van der Waals surface area contributed by atoms with Gasteiger partial charge in [0.25, 0.3) is 0 Å². The van der Waals surface area contributed by atoms with Gasteiger partial charge in [0.1, 0.15) is 6.10 Å². The van der Waals surface area contributed by atoms with Crippen LogP contribution in [-0.4, -0.2) is 90.9 Å². The Morgan fingerprint density at radius 2 is 1.65 bits per heavy atom. The molecule has 2 aliphatic heterocycles. The Morgan fingerprint density at radius 1 is 1.00 bits per heavy atom. The third-order valence-electron chi connectivity index (χ3n) is 4.70. The van der Waals surface area contributed by atoms with E-state index in [1.54, 1.807) is 4.90 Å². The Hall–Kier alpha value is -1.67. The zero-order valence-corrected chi connectivity index (χ0v) is 13.3. The monoisotopic (exact) mass is 324 g/mol. The summed E-state index contributed by atoms with van der Waals surface area (Å²) in [6.07, 6.45) is 1.39. The van der Waals surface area contributed by atoms with Gasteiger partial charge in [0, 0.05) is 45.2 Å². The third-order valence-corrected chi connectivity index (χ3v) is 4.70. The minimum Gasteiger partial charge on any atom is -0.367 e. The van der Waals surface area contributed by atoms with Crippen LogP contribution in [0.2, 0.25) is 0 Å². The molecule has 0 spiro atoms. The number of piperazine rings is 1. The van der Waals surface area contributed by atoms with Crippen molar-refractivity contribution in [3.05, 3.63) is 0 Å². The molecule has 8 heteroatoms. The van der Waals surface area contributed by atoms with Gasteiger partial charge in [-0.15, -0.1) is 0 Å². The van der Waals surface area contributed by atoms with E-state index in [-0.39, 0.29) is 24.3 Å². The van der Waals surface area contributed by atoms with E-state index in [1.165, 1.54) is 0 Å². The number of nitrogens with zero attached hydrogens (tertiary/aromatic N) is 3. The molecule has 1 saturated carbocycles. The molecule has 2 saturated heterocycles. The number of carbonyl (C=O) groups excluding carboxylic acids is 3. The minimum atomic E-state index is -0.635. The summed E-state index contributed by atoms with van der Waals surface area (Å²) >= 11 is 0. The van der Waals surface area contributed by atoms with E-state index < -0.39 is 12.0 Å². The van der Waals surface area contributed by atoms with Gasteiger partial charge in [-0.3, -0.25) is 19.3 Å². The van der Waals surface area contributed by atoms with Gasteiger partial charge in [-0.1, -0.05) is 0 Å². The summed E-state index contributed by atoms with van der Waals surface area (Å²) < 4.78 is 5.28. The van der Waals surface area contributed by atoms with Crippen molar-refractivity contribution in [2.75, 3.05) is 52.4 Å². The van der Waals surface area contributed by atoms with Crippen molar-refractivity contribution < 1.29 is 19.1 Å². The Kier molecular flexibility index (Phi) is 4.82. The molecule has 3 aliphatic rings. The fraction of sp³-hybridized carbons (Fsp3) is 0.800. The molecule has 0 radical (unpaired) electrons. The molecule has 0 aromatic carbocycles. The molecule has 23 heavy (non-hydrogen) atoms. The molecule has 3 amide bonds. The Morgan fingerprint density at radius 3 is 2.26 bits per heavy atom. The molecule has 2 heterocycles. The van der Waals surface area contributed by atoms with Crippen molar-refractivity contribution in [3.63, 3.8) is 0 Å². The van der Waals surface area contributed by atoms with Gasteiger partial charge in [-0.05, 0) is 12.8 Å². The van der Waals surface area contributed by atoms with Crippen LogP contribution in [0.1, 0.15) is 12.8 Å². The molecule has 0 aromatic heterocycles. The minimum absolute atomic E-state index is 0.0358. The number of morpholine rings is 1. The normalized spacial score (nSPS) is 26.2. The van der Waals surface area contributed by atoms with Gasteiger partial charge in [0.15, 0.2) is 0 Å². The van der Waals surface area contributed by atoms with Crippen molar-refractivity contribution in [3.8, 4) is 0 Å². The van der Waals surface area contributed by atoms with E-state index in [9.17, 15) is 14.4 Å². The van der Waals surface area contributed by atoms with Crippen LogP contribution in [0.4, 0.5) is 0 Å². The summed E-state index contributed by atoms with van der Waals surface area (Å²) in [5.41, 5.74) is 5.25. The van der Waals surface area contributed by atoms with Crippen molar-refractivity contribution in [2.45, 2.75) is 18.9 Å². The summed E-state index contributed by atoms with van der Waals surface area (Å²) in [6.45, 7) is 4.06. The second-order valence-electron chi connectivity index (χ2n) is 6.48. The fourth-order valence-electron chi connectivity index (χ4n) is 3.07. The number of ether oxygens (including phenoxy) is 1. The smallest absolute Gasteiger partial charge is 0.247 e. The van der Waals surface area contributed by atoms with Gasteiger partial charge >= 0.3 is 0 Å². The molecular formula is C15H24N4O4. The molecule has 0 bridgehead atoms. The maximum Gasteiger partial charge on any atom is 0.247 e. The lowest BCUT2D eigenvalue weighted by molar-refractivity contribution is -0.144. The molecular weight excluding hydrogens is 300 g/mol. The average Bonchev–Trinajstić information content (AvgIpc) is 3.39. The maximum atomic E-state index is 12.4. The molecule has 2 N–H and O–H groups in total. The second kappa shape index (κ2) is 6.84. The van der Waals surface area contributed by atoms with Crippen LogP contribution < -0.4 is 5.73 Å². The van der Waals surface area contributed by atoms with E-state index in [1.807, 2.05) is 9.80 Å². The first-order valence-electron chi connectivity index (χ1n) is 8.24. The van der Waals surface area contributed by atoms with Crippen LogP contribution >= 0.6 is 0 Å². The Bertz CT molecular complexity index is 486. The number of amides is 3. The first-order valence-corrected chi connectivity index (χ1v) is 8.24. The van der Waals surface area contributed by atoms with E-state index in [0.717, 1.165) is 12.8 Å². The lowest BCUT2D eigenvalue weighted by atomic mass is 10.2. The highest BCUT2D eigenvalue weighted by Crippen LogP contribution is 2.31. The van der Waals surface area contributed by atoms with Crippen LogP contribution in [-0.2, 0) is 19.1 Å². The number of hydrogen-bond donors (Lipinski definition) is 1. The molecule has 1 atom stereocenters. The second-order valence-corrected chi connectivity index (χ2v) is 6.48. The number of carbonyl (C=O) groups is 3. The van der Waals surface area contributed by atoms with Gasteiger partial charge in [-0.25, -0.2) is 0 Å². The number of primary amides is 1. The molecule has 3 rings (SSSR count). The van der Waals surface area contributed by atoms with Crippen molar-refractivity contribution in [1.82, 2.24) is 14.7 Å². The number of rotatable bonds is 4. The quantitative estimate of drug-likeness (QED) is 0.662. The summed E-state index contributed by atoms with van der Waals surface area (Å²) in [5, 5.41) is 0. The first-order chi connectivity index (χ1) is 11.0. The fourth-order valence-corrected chi connectivity index (χ4v) is 3.07. The first kappa shape index (κ1) is 16.2. The highest BCUT2D eigenvalue weighted by atomic mass is 16.5. The third kappa shape index (κ3) is 4.00. The van der Waals surface area contributed by atoms with E-state index in [0.29, 0.717) is 45.9 Å². The zero-order valence-electron chi connectivity index (χ0n) is 13.3. The predicted octanol–water partition coefficient (Wildman–Crippen LogP) is -1.75. The molecule has 3 fully saturated rings. The highest BCUT2D eigenvalue weighted by molar-refractivity contribution is 5.82. The largest absolute Gasteiger partial charge is 0.367 e. The molecule has 1 aliphatic carbocycles. The van der Waals surface area contributed by atoms with Crippen molar-refractivity contribution in [2.24, 2.45) is 11.7 Å². The Labute approximate surface area is 135 Å². The number of hydrogen-bond acceptors (Lipinski definition) is 5. The standard InChI is InChI=1S/C15H24N4O4/c16-14(21)12-9-17(7-8-23-12)10-13(20)18-3-5-19(6-4-18)15(22)11-1-2-11/h11-12H,1-10H2,(H2,16,21). The van der Waals surface area contributed by atoms with E-state index in [4.69, 9.17) is 10.5 Å². The summed E-state index contributed by atoms with van der Waals surface area (Å²) in [6, 6.07) is 0. The Balaban J connectivity index is 1.44. The highest BCUT2D eigenvalue weighted by Gasteiger charge is 2.35. The molecule has 0 aromatic rings. The lowest BCUT2D eigenvalue weighted by Gasteiger charge is -2.37. The van der Waals surface area contributed by atoms with E-state index in [2.05, 4.69) is 0 Å². The number of nitrogens with two attached hydrogens (primary N) is 1. The van der Waals surface area contributed by atoms with Gasteiger partial charge in [0.05, 0.1) is 13.2 Å². The topological polar surface area (TPSA) is 96.2 Å². The predicted molar refractivity (Wildman–Crippen MR) is 81.3 cm³/mol. The average molecular weight is 324 g/mol. The van der Waals surface area contributed by atoms with E-state index >= 15 is 0 Å².